The van der Waals surface area contributed by atoms with Gasteiger partial charge in [-0.2, -0.15) is 0 Å². The standard InChI is InChI=1S/C20H15BrN4O3/c1-13(18-9-14-5-2-3-8-19(14)28-20(18)26)23-27-12-16-11-25(24-22-16)17-7-4-6-15(21)10-17/h2-11H,12H2,1H3. The van der Waals surface area contributed by atoms with Crippen LogP contribution in [-0.4, -0.2) is 20.7 Å². The maximum atomic E-state index is 12.2. The first kappa shape index (κ1) is 18.1. The topological polar surface area (TPSA) is 82.5 Å². The number of aromatic nitrogens is 3. The van der Waals surface area contributed by atoms with E-state index in [1.807, 2.05) is 42.5 Å². The zero-order chi connectivity index (χ0) is 19.5. The lowest BCUT2D eigenvalue weighted by atomic mass is 10.1. The van der Waals surface area contributed by atoms with Gasteiger partial charge in [0.1, 0.15) is 11.3 Å². The third-order valence-electron chi connectivity index (χ3n) is 4.06. The highest BCUT2D eigenvalue weighted by Crippen LogP contribution is 2.15. The van der Waals surface area contributed by atoms with Crippen LogP contribution in [0.3, 0.4) is 0 Å². The van der Waals surface area contributed by atoms with Crippen molar-refractivity contribution in [1.29, 1.82) is 0 Å². The predicted octanol–water partition coefficient (Wildman–Crippen LogP) is 4.08. The van der Waals surface area contributed by atoms with Crippen molar-refractivity contribution in [2.75, 3.05) is 0 Å². The Bertz CT molecular complexity index is 1230. The van der Waals surface area contributed by atoms with Gasteiger partial charge < -0.3 is 9.25 Å². The summed E-state index contributed by atoms with van der Waals surface area (Å²) in [6, 6.07) is 16.8. The zero-order valence-electron chi connectivity index (χ0n) is 14.9. The fourth-order valence-corrected chi connectivity index (χ4v) is 3.06. The van der Waals surface area contributed by atoms with Crippen molar-refractivity contribution in [1.82, 2.24) is 15.0 Å². The van der Waals surface area contributed by atoms with Crippen LogP contribution >= 0.6 is 15.9 Å². The van der Waals surface area contributed by atoms with E-state index in [1.54, 1.807) is 29.9 Å². The Hall–Kier alpha value is -3.26. The van der Waals surface area contributed by atoms with Crippen LogP contribution in [0.4, 0.5) is 0 Å². The molecule has 0 aliphatic rings. The molecule has 140 valence electrons. The van der Waals surface area contributed by atoms with E-state index in [9.17, 15) is 4.79 Å². The highest BCUT2D eigenvalue weighted by atomic mass is 79.9. The van der Waals surface area contributed by atoms with E-state index in [0.717, 1.165) is 15.5 Å². The largest absolute Gasteiger partial charge is 0.422 e. The Morgan fingerprint density at radius 1 is 1.21 bits per heavy atom. The van der Waals surface area contributed by atoms with Gasteiger partial charge in [-0.1, -0.05) is 50.6 Å². The van der Waals surface area contributed by atoms with Crippen LogP contribution in [0.2, 0.25) is 0 Å². The SMILES string of the molecule is CC(=NOCc1cn(-c2cccc(Br)c2)nn1)c1cc2ccccc2oc1=O. The molecule has 4 aromatic rings. The molecule has 0 aliphatic carbocycles. The number of fused-ring (bicyclic) bond motifs is 1. The molecule has 0 amide bonds. The lowest BCUT2D eigenvalue weighted by Gasteiger charge is -2.02. The van der Waals surface area contributed by atoms with Crippen LogP contribution in [0.5, 0.6) is 0 Å². The summed E-state index contributed by atoms with van der Waals surface area (Å²) in [6.07, 6.45) is 1.76. The molecule has 0 aliphatic heterocycles. The Balaban J connectivity index is 1.48. The van der Waals surface area contributed by atoms with Gasteiger partial charge in [-0.05, 0) is 37.3 Å². The third-order valence-corrected chi connectivity index (χ3v) is 4.55. The first-order valence-electron chi connectivity index (χ1n) is 8.47. The van der Waals surface area contributed by atoms with Gasteiger partial charge in [-0.15, -0.1) is 5.10 Å². The average molecular weight is 439 g/mol. The summed E-state index contributed by atoms with van der Waals surface area (Å²) in [7, 11) is 0. The van der Waals surface area contributed by atoms with E-state index in [0.29, 0.717) is 22.6 Å². The fourth-order valence-electron chi connectivity index (χ4n) is 2.67. The number of para-hydroxylation sites is 1. The maximum absolute atomic E-state index is 12.2. The van der Waals surface area contributed by atoms with Gasteiger partial charge in [0.2, 0.25) is 0 Å². The quantitative estimate of drug-likeness (QED) is 0.266. The number of benzene rings is 2. The second-order valence-corrected chi connectivity index (χ2v) is 6.99. The molecule has 28 heavy (non-hydrogen) atoms. The van der Waals surface area contributed by atoms with Gasteiger partial charge in [-0.3, -0.25) is 0 Å². The maximum Gasteiger partial charge on any atom is 0.345 e. The van der Waals surface area contributed by atoms with E-state index in [1.165, 1.54) is 0 Å². The van der Waals surface area contributed by atoms with Crippen LogP contribution in [0.15, 0.2) is 79.6 Å². The number of hydrogen-bond donors (Lipinski definition) is 0. The first-order chi connectivity index (χ1) is 13.6. The second-order valence-electron chi connectivity index (χ2n) is 6.07. The average Bonchev–Trinajstić information content (AvgIpc) is 3.16. The van der Waals surface area contributed by atoms with Gasteiger partial charge in [0.15, 0.2) is 6.61 Å². The van der Waals surface area contributed by atoms with Gasteiger partial charge in [-0.25, -0.2) is 9.48 Å². The summed E-state index contributed by atoms with van der Waals surface area (Å²) in [6.45, 7) is 1.82. The van der Waals surface area contributed by atoms with E-state index in [2.05, 4.69) is 31.4 Å². The summed E-state index contributed by atoms with van der Waals surface area (Å²) >= 11 is 3.43. The van der Waals surface area contributed by atoms with Gasteiger partial charge in [0.25, 0.3) is 0 Å². The van der Waals surface area contributed by atoms with Crippen molar-refractivity contribution in [3.05, 3.63) is 86.9 Å². The van der Waals surface area contributed by atoms with Crippen LogP contribution < -0.4 is 5.63 Å². The molecule has 0 N–H and O–H groups in total. The van der Waals surface area contributed by atoms with Gasteiger partial charge in [0.05, 0.1) is 23.2 Å². The van der Waals surface area contributed by atoms with Crippen LogP contribution in [0.25, 0.3) is 16.7 Å². The summed E-state index contributed by atoms with van der Waals surface area (Å²) in [5.41, 5.74) is 2.36. The summed E-state index contributed by atoms with van der Waals surface area (Å²) in [5.74, 6) is 0. The predicted molar refractivity (Wildman–Crippen MR) is 109 cm³/mol. The van der Waals surface area contributed by atoms with Crippen LogP contribution in [0, 0.1) is 0 Å². The minimum atomic E-state index is -0.454. The third kappa shape index (κ3) is 3.86. The molecule has 4 rings (SSSR count). The molecule has 0 radical (unpaired) electrons. The van der Waals surface area contributed by atoms with Crippen LogP contribution in [0.1, 0.15) is 18.2 Å². The molecule has 0 atom stereocenters. The highest BCUT2D eigenvalue weighted by molar-refractivity contribution is 9.10. The fraction of sp³-hybridized carbons (Fsp3) is 0.100. The van der Waals surface area contributed by atoms with Crippen molar-refractivity contribution in [2.24, 2.45) is 5.16 Å². The molecule has 2 heterocycles. The molecular weight excluding hydrogens is 424 g/mol. The zero-order valence-corrected chi connectivity index (χ0v) is 16.5. The number of hydrogen-bond acceptors (Lipinski definition) is 6. The number of rotatable bonds is 5. The van der Waals surface area contributed by atoms with Crippen molar-refractivity contribution in [2.45, 2.75) is 13.5 Å². The summed E-state index contributed by atoms with van der Waals surface area (Å²) in [5, 5.41) is 13.0. The smallest absolute Gasteiger partial charge is 0.345 e. The van der Waals surface area contributed by atoms with E-state index < -0.39 is 5.63 Å². The van der Waals surface area contributed by atoms with Crippen molar-refractivity contribution >= 4 is 32.6 Å². The number of nitrogens with zero attached hydrogens (tertiary/aromatic N) is 4. The van der Waals surface area contributed by atoms with E-state index in [-0.39, 0.29) is 6.61 Å². The van der Waals surface area contributed by atoms with Gasteiger partial charge >= 0.3 is 5.63 Å². The normalized spacial score (nSPS) is 11.7. The minimum absolute atomic E-state index is 0.129. The Morgan fingerprint density at radius 3 is 2.93 bits per heavy atom. The monoisotopic (exact) mass is 438 g/mol. The molecule has 7 nitrogen and oxygen atoms in total. The highest BCUT2D eigenvalue weighted by Gasteiger charge is 2.09. The molecule has 0 bridgehead atoms. The number of halogens is 1. The molecule has 2 aromatic carbocycles. The van der Waals surface area contributed by atoms with Crippen molar-refractivity contribution < 1.29 is 9.25 Å². The lowest BCUT2D eigenvalue weighted by Crippen LogP contribution is -2.12. The van der Waals surface area contributed by atoms with Crippen molar-refractivity contribution in [3.63, 3.8) is 0 Å². The summed E-state index contributed by atoms with van der Waals surface area (Å²) < 4.78 is 7.92. The molecule has 2 aromatic heterocycles. The minimum Gasteiger partial charge on any atom is -0.422 e. The molecule has 0 unspecified atom stereocenters. The van der Waals surface area contributed by atoms with Gasteiger partial charge in [0, 0.05) is 9.86 Å². The number of oxime groups is 1. The Morgan fingerprint density at radius 2 is 2.07 bits per heavy atom. The molecule has 0 saturated heterocycles. The van der Waals surface area contributed by atoms with E-state index >= 15 is 0 Å². The molecule has 0 saturated carbocycles. The molecule has 8 heteroatoms. The molecular formula is C20H15BrN4O3. The molecule has 0 fully saturated rings. The summed E-state index contributed by atoms with van der Waals surface area (Å²) in [4.78, 5) is 17.5. The molecule has 0 spiro atoms. The van der Waals surface area contributed by atoms with E-state index in [4.69, 9.17) is 9.25 Å². The lowest BCUT2D eigenvalue weighted by molar-refractivity contribution is 0.127. The second kappa shape index (κ2) is 7.77. The van der Waals surface area contributed by atoms with Crippen LogP contribution in [-0.2, 0) is 11.4 Å². The Labute approximate surface area is 168 Å². The van der Waals surface area contributed by atoms with Crippen molar-refractivity contribution in [3.8, 4) is 5.69 Å². The Kier molecular flexibility index (Phi) is 5.03. The first-order valence-corrected chi connectivity index (χ1v) is 9.26.